The first kappa shape index (κ1) is 22.2. The molecule has 7 nitrogen and oxygen atoms in total. The molecule has 1 aliphatic heterocycles. The van der Waals surface area contributed by atoms with Crippen LogP contribution in [0.3, 0.4) is 0 Å². The van der Waals surface area contributed by atoms with Gasteiger partial charge in [-0.3, -0.25) is 9.69 Å². The molecule has 1 N–H and O–H groups in total. The van der Waals surface area contributed by atoms with Crippen LogP contribution in [0.1, 0.15) is 21.7 Å². The Bertz CT molecular complexity index is 1050. The second-order valence-corrected chi connectivity index (χ2v) is 8.32. The van der Waals surface area contributed by atoms with Crippen LogP contribution < -0.4 is 15.0 Å². The SMILES string of the molecule is COc1cccc(Cc2nsc(N3CCN(CCNC(=O)c4ccccc4F)CC3)n2)c1. The molecule has 1 saturated heterocycles. The number of methoxy groups -OCH3 is 1. The predicted molar refractivity (Wildman–Crippen MR) is 123 cm³/mol. The van der Waals surface area contributed by atoms with Gasteiger partial charge < -0.3 is 15.0 Å². The summed E-state index contributed by atoms with van der Waals surface area (Å²) >= 11 is 1.43. The third-order valence-corrected chi connectivity index (χ3v) is 6.24. The Balaban J connectivity index is 1.22. The summed E-state index contributed by atoms with van der Waals surface area (Å²) < 4.78 is 23.5. The van der Waals surface area contributed by atoms with Gasteiger partial charge in [-0.1, -0.05) is 24.3 Å². The standard InChI is InChI=1S/C23H26FN5O2S/c1-31-18-6-4-5-17(15-18)16-21-26-23(32-27-21)29-13-11-28(12-14-29)10-9-25-22(30)19-7-2-3-8-20(19)24/h2-8,15H,9-14,16H2,1H3,(H,25,30). The molecule has 1 amide bonds. The van der Waals surface area contributed by atoms with Crippen molar-refractivity contribution in [3.05, 3.63) is 71.3 Å². The molecular formula is C23H26FN5O2S. The average molecular weight is 456 g/mol. The number of hydrogen-bond acceptors (Lipinski definition) is 7. The zero-order chi connectivity index (χ0) is 22.3. The number of aromatic nitrogens is 2. The molecule has 0 radical (unpaired) electrons. The number of ether oxygens (including phenoxy) is 1. The van der Waals surface area contributed by atoms with Gasteiger partial charge in [0.2, 0.25) is 5.13 Å². The highest BCUT2D eigenvalue weighted by Gasteiger charge is 2.20. The monoisotopic (exact) mass is 455 g/mol. The summed E-state index contributed by atoms with van der Waals surface area (Å²) in [6.45, 7) is 4.67. The number of halogens is 1. The molecule has 0 aliphatic carbocycles. The second kappa shape index (κ2) is 10.5. The van der Waals surface area contributed by atoms with Crippen molar-refractivity contribution < 1.29 is 13.9 Å². The molecule has 32 heavy (non-hydrogen) atoms. The third kappa shape index (κ3) is 5.60. The van der Waals surface area contributed by atoms with E-state index in [9.17, 15) is 9.18 Å². The lowest BCUT2D eigenvalue weighted by Crippen LogP contribution is -2.48. The molecule has 1 aliphatic rings. The summed E-state index contributed by atoms with van der Waals surface area (Å²) in [4.78, 5) is 21.4. The van der Waals surface area contributed by atoms with Crippen molar-refractivity contribution in [1.29, 1.82) is 0 Å². The van der Waals surface area contributed by atoms with Crippen LogP contribution in [0.2, 0.25) is 0 Å². The van der Waals surface area contributed by atoms with Crippen molar-refractivity contribution in [3.63, 3.8) is 0 Å². The molecule has 4 rings (SSSR count). The lowest BCUT2D eigenvalue weighted by molar-refractivity contribution is 0.0943. The van der Waals surface area contributed by atoms with E-state index in [-0.39, 0.29) is 11.5 Å². The lowest BCUT2D eigenvalue weighted by atomic mass is 10.1. The van der Waals surface area contributed by atoms with E-state index < -0.39 is 5.82 Å². The summed E-state index contributed by atoms with van der Waals surface area (Å²) in [7, 11) is 1.66. The summed E-state index contributed by atoms with van der Waals surface area (Å²) in [5.74, 6) is 0.774. The van der Waals surface area contributed by atoms with Crippen LogP contribution in [0.15, 0.2) is 48.5 Å². The summed E-state index contributed by atoms with van der Waals surface area (Å²) in [5, 5.41) is 3.74. The molecule has 3 aromatic rings. The number of nitrogens with zero attached hydrogens (tertiary/aromatic N) is 4. The number of amides is 1. The Labute approximate surface area is 191 Å². The molecular weight excluding hydrogens is 429 g/mol. The summed E-state index contributed by atoms with van der Waals surface area (Å²) in [5.41, 5.74) is 1.20. The fraction of sp³-hybridized carbons (Fsp3) is 0.348. The molecule has 9 heteroatoms. The van der Waals surface area contributed by atoms with E-state index in [2.05, 4.69) is 19.5 Å². The number of nitrogens with one attached hydrogen (secondary N) is 1. The Morgan fingerprint density at radius 1 is 1.16 bits per heavy atom. The number of anilines is 1. The van der Waals surface area contributed by atoms with Crippen LogP contribution in [-0.2, 0) is 6.42 Å². The first-order valence-corrected chi connectivity index (χ1v) is 11.4. The van der Waals surface area contributed by atoms with Crippen LogP contribution in [-0.4, -0.2) is 66.5 Å². The fourth-order valence-electron chi connectivity index (χ4n) is 3.64. The number of rotatable bonds is 8. The van der Waals surface area contributed by atoms with Crippen molar-refractivity contribution >= 4 is 22.6 Å². The fourth-order valence-corrected chi connectivity index (χ4v) is 4.38. The Morgan fingerprint density at radius 3 is 2.75 bits per heavy atom. The molecule has 2 aromatic carbocycles. The van der Waals surface area contributed by atoms with E-state index in [0.29, 0.717) is 13.0 Å². The van der Waals surface area contributed by atoms with Gasteiger partial charge in [0, 0.05) is 57.2 Å². The number of benzene rings is 2. The highest BCUT2D eigenvalue weighted by Crippen LogP contribution is 2.21. The normalized spacial score (nSPS) is 14.4. The van der Waals surface area contributed by atoms with E-state index in [1.807, 2.05) is 24.3 Å². The highest BCUT2D eigenvalue weighted by atomic mass is 32.1. The van der Waals surface area contributed by atoms with Gasteiger partial charge in [0.25, 0.3) is 5.91 Å². The van der Waals surface area contributed by atoms with E-state index >= 15 is 0 Å². The largest absolute Gasteiger partial charge is 0.497 e. The Hall–Kier alpha value is -3.04. The maximum atomic E-state index is 13.7. The molecule has 0 spiro atoms. The van der Waals surface area contributed by atoms with Crippen molar-refractivity contribution in [3.8, 4) is 5.75 Å². The van der Waals surface area contributed by atoms with E-state index in [1.165, 1.54) is 23.7 Å². The molecule has 0 bridgehead atoms. The van der Waals surface area contributed by atoms with E-state index in [0.717, 1.165) is 55.0 Å². The van der Waals surface area contributed by atoms with Crippen molar-refractivity contribution in [2.45, 2.75) is 6.42 Å². The molecule has 0 saturated carbocycles. The molecule has 1 fully saturated rings. The van der Waals surface area contributed by atoms with Gasteiger partial charge in [-0.15, -0.1) is 0 Å². The summed E-state index contributed by atoms with van der Waals surface area (Å²) in [6, 6.07) is 14.0. The van der Waals surface area contributed by atoms with Crippen molar-refractivity contribution in [1.82, 2.24) is 19.6 Å². The first-order chi connectivity index (χ1) is 15.6. The minimum Gasteiger partial charge on any atom is -0.497 e. The maximum Gasteiger partial charge on any atom is 0.254 e. The van der Waals surface area contributed by atoms with E-state index in [1.54, 1.807) is 19.2 Å². The topological polar surface area (TPSA) is 70.6 Å². The number of hydrogen-bond donors (Lipinski definition) is 1. The predicted octanol–water partition coefficient (Wildman–Crippen LogP) is 2.83. The van der Waals surface area contributed by atoms with Crippen LogP contribution in [0.25, 0.3) is 0 Å². The highest BCUT2D eigenvalue weighted by molar-refractivity contribution is 7.09. The number of piperazine rings is 1. The minimum atomic E-state index is -0.499. The molecule has 1 aromatic heterocycles. The average Bonchev–Trinajstić information content (AvgIpc) is 3.28. The first-order valence-electron chi connectivity index (χ1n) is 10.6. The van der Waals surface area contributed by atoms with Crippen LogP contribution in [0.5, 0.6) is 5.75 Å². The van der Waals surface area contributed by atoms with Gasteiger partial charge in [-0.25, -0.2) is 9.37 Å². The second-order valence-electron chi connectivity index (χ2n) is 7.59. The maximum absolute atomic E-state index is 13.7. The number of carbonyl (C=O) groups is 1. The van der Waals surface area contributed by atoms with Gasteiger partial charge in [0.1, 0.15) is 17.4 Å². The van der Waals surface area contributed by atoms with Crippen LogP contribution in [0, 0.1) is 5.82 Å². The molecule has 0 atom stereocenters. The Kier molecular flexibility index (Phi) is 7.28. The third-order valence-electron chi connectivity index (χ3n) is 5.43. The minimum absolute atomic E-state index is 0.0818. The summed E-state index contributed by atoms with van der Waals surface area (Å²) in [6.07, 6.45) is 0.676. The van der Waals surface area contributed by atoms with Crippen molar-refractivity contribution in [2.75, 3.05) is 51.3 Å². The van der Waals surface area contributed by atoms with Gasteiger partial charge in [-0.05, 0) is 29.8 Å². The molecule has 2 heterocycles. The van der Waals surface area contributed by atoms with Gasteiger partial charge in [-0.2, -0.15) is 4.37 Å². The van der Waals surface area contributed by atoms with Gasteiger partial charge in [0.15, 0.2) is 0 Å². The smallest absolute Gasteiger partial charge is 0.254 e. The van der Waals surface area contributed by atoms with Gasteiger partial charge in [0.05, 0.1) is 12.7 Å². The van der Waals surface area contributed by atoms with Crippen LogP contribution >= 0.6 is 11.5 Å². The zero-order valence-electron chi connectivity index (χ0n) is 18.0. The van der Waals surface area contributed by atoms with Crippen LogP contribution in [0.4, 0.5) is 9.52 Å². The molecule has 0 unspecified atom stereocenters. The Morgan fingerprint density at radius 2 is 1.97 bits per heavy atom. The van der Waals surface area contributed by atoms with Gasteiger partial charge >= 0.3 is 0 Å². The quantitative estimate of drug-likeness (QED) is 0.563. The van der Waals surface area contributed by atoms with E-state index in [4.69, 9.17) is 9.72 Å². The number of carbonyl (C=O) groups excluding carboxylic acids is 1. The van der Waals surface area contributed by atoms with Crippen molar-refractivity contribution in [2.24, 2.45) is 0 Å². The lowest BCUT2D eigenvalue weighted by Gasteiger charge is -2.34. The molecule has 168 valence electrons. The zero-order valence-corrected chi connectivity index (χ0v) is 18.8.